The van der Waals surface area contributed by atoms with E-state index in [4.69, 9.17) is 4.74 Å². The minimum Gasteiger partial charge on any atom is -0.496 e. The fourth-order valence-electron chi connectivity index (χ4n) is 4.93. The lowest BCUT2D eigenvalue weighted by Crippen LogP contribution is -2.53. The molecule has 0 heterocycles. The summed E-state index contributed by atoms with van der Waals surface area (Å²) in [4.78, 5) is 0. The molecule has 0 amide bonds. The van der Waals surface area contributed by atoms with Crippen molar-refractivity contribution in [1.29, 1.82) is 0 Å². The van der Waals surface area contributed by atoms with E-state index in [1.807, 2.05) is 0 Å². The van der Waals surface area contributed by atoms with Gasteiger partial charge in [0.05, 0.1) is 13.2 Å². The highest BCUT2D eigenvalue weighted by Crippen LogP contribution is 2.58. The Morgan fingerprint density at radius 1 is 1.20 bits per heavy atom. The maximum atomic E-state index is 10.4. The van der Waals surface area contributed by atoms with Crippen molar-refractivity contribution in [3.05, 3.63) is 29.3 Å². The molecule has 1 aromatic carbocycles. The third kappa shape index (κ3) is 1.74. The van der Waals surface area contributed by atoms with E-state index in [1.54, 1.807) is 7.11 Å². The standard InChI is InChI=1S/C18H26O2/c1-17(2)14-9-8-12-6-5-7-13(20-4)16(12)18(14,3)11-10-15(17)19/h5-7,14-15,19H,8-11H2,1-4H3/t14?,15-,18-/m0/s1. The van der Waals surface area contributed by atoms with Crippen LogP contribution in [-0.2, 0) is 11.8 Å². The molecule has 1 unspecified atom stereocenters. The lowest BCUT2D eigenvalue weighted by atomic mass is 9.49. The van der Waals surface area contributed by atoms with Crippen LogP contribution >= 0.6 is 0 Å². The van der Waals surface area contributed by atoms with Crippen LogP contribution in [0.2, 0.25) is 0 Å². The van der Waals surface area contributed by atoms with Crippen molar-refractivity contribution in [2.45, 2.75) is 58.0 Å². The van der Waals surface area contributed by atoms with Gasteiger partial charge in [0.15, 0.2) is 0 Å². The van der Waals surface area contributed by atoms with Crippen LogP contribution in [-0.4, -0.2) is 18.3 Å². The molecule has 2 aliphatic rings. The quantitative estimate of drug-likeness (QED) is 0.846. The summed E-state index contributed by atoms with van der Waals surface area (Å²) >= 11 is 0. The molecule has 2 heteroatoms. The number of rotatable bonds is 1. The van der Waals surface area contributed by atoms with Crippen LogP contribution in [0, 0.1) is 11.3 Å². The molecule has 2 nitrogen and oxygen atoms in total. The first kappa shape index (κ1) is 13.9. The van der Waals surface area contributed by atoms with Gasteiger partial charge in [0.25, 0.3) is 0 Å². The molecule has 1 aromatic rings. The molecule has 0 aromatic heterocycles. The molecule has 1 saturated carbocycles. The fraction of sp³-hybridized carbons (Fsp3) is 0.667. The second kappa shape index (κ2) is 4.49. The van der Waals surface area contributed by atoms with Crippen molar-refractivity contribution < 1.29 is 9.84 Å². The van der Waals surface area contributed by atoms with E-state index in [9.17, 15) is 5.11 Å². The predicted octanol–water partition coefficient (Wildman–Crippen LogP) is 3.70. The first-order valence-corrected chi connectivity index (χ1v) is 7.75. The van der Waals surface area contributed by atoms with Gasteiger partial charge in [-0.3, -0.25) is 0 Å². The number of aryl methyl sites for hydroxylation is 1. The second-order valence-corrected chi connectivity index (χ2v) is 7.38. The summed E-state index contributed by atoms with van der Waals surface area (Å²) in [6, 6.07) is 6.44. The van der Waals surface area contributed by atoms with Gasteiger partial charge in [-0.25, -0.2) is 0 Å². The Balaban J connectivity index is 2.16. The minimum absolute atomic E-state index is 0.0223. The Kier molecular flexibility index (Phi) is 3.13. The highest BCUT2D eigenvalue weighted by Gasteiger charge is 2.54. The van der Waals surface area contributed by atoms with E-state index in [-0.39, 0.29) is 16.9 Å². The van der Waals surface area contributed by atoms with Gasteiger partial charge in [-0.1, -0.05) is 32.9 Å². The Labute approximate surface area is 122 Å². The van der Waals surface area contributed by atoms with Crippen LogP contribution in [0.4, 0.5) is 0 Å². The van der Waals surface area contributed by atoms with E-state index in [2.05, 4.69) is 39.0 Å². The molecule has 3 rings (SSSR count). The highest BCUT2D eigenvalue weighted by atomic mass is 16.5. The largest absolute Gasteiger partial charge is 0.496 e. The van der Waals surface area contributed by atoms with Gasteiger partial charge < -0.3 is 9.84 Å². The van der Waals surface area contributed by atoms with Crippen molar-refractivity contribution >= 4 is 0 Å². The number of hydrogen-bond acceptors (Lipinski definition) is 2. The summed E-state index contributed by atoms with van der Waals surface area (Å²) in [5.41, 5.74) is 2.95. The SMILES string of the molecule is COc1cccc2c1[C@@]1(C)CC[C@H](O)C(C)(C)C1CC2. The molecule has 0 radical (unpaired) electrons. The summed E-state index contributed by atoms with van der Waals surface area (Å²) in [5.74, 6) is 1.55. The van der Waals surface area contributed by atoms with Crippen LogP contribution in [0.3, 0.4) is 0 Å². The van der Waals surface area contributed by atoms with Crippen LogP contribution in [0.1, 0.15) is 51.2 Å². The predicted molar refractivity (Wildman–Crippen MR) is 81.2 cm³/mol. The van der Waals surface area contributed by atoms with Crippen LogP contribution in [0.15, 0.2) is 18.2 Å². The number of hydrogen-bond donors (Lipinski definition) is 1. The van der Waals surface area contributed by atoms with Gasteiger partial charge in [-0.15, -0.1) is 0 Å². The van der Waals surface area contributed by atoms with E-state index in [0.29, 0.717) is 5.92 Å². The molecule has 20 heavy (non-hydrogen) atoms. The number of aliphatic hydroxyl groups is 1. The number of methoxy groups -OCH3 is 1. The Bertz CT molecular complexity index is 506. The fourth-order valence-corrected chi connectivity index (χ4v) is 4.93. The third-order valence-electron chi connectivity index (χ3n) is 6.07. The van der Waals surface area contributed by atoms with E-state index < -0.39 is 0 Å². The monoisotopic (exact) mass is 274 g/mol. The van der Waals surface area contributed by atoms with Crippen molar-refractivity contribution in [2.75, 3.05) is 7.11 Å². The smallest absolute Gasteiger partial charge is 0.122 e. The Morgan fingerprint density at radius 2 is 1.95 bits per heavy atom. The third-order valence-corrected chi connectivity index (χ3v) is 6.07. The molecule has 0 spiro atoms. The molecule has 1 N–H and O–H groups in total. The highest BCUT2D eigenvalue weighted by molar-refractivity contribution is 5.48. The maximum Gasteiger partial charge on any atom is 0.122 e. The van der Waals surface area contributed by atoms with Gasteiger partial charge in [-0.2, -0.15) is 0 Å². The molecule has 0 bridgehead atoms. The Hall–Kier alpha value is -1.02. The lowest BCUT2D eigenvalue weighted by molar-refractivity contribution is -0.0735. The average molecular weight is 274 g/mol. The number of fused-ring (bicyclic) bond motifs is 3. The zero-order valence-electron chi connectivity index (χ0n) is 13.1. The van der Waals surface area contributed by atoms with Crippen LogP contribution in [0.5, 0.6) is 5.75 Å². The van der Waals surface area contributed by atoms with Crippen LogP contribution < -0.4 is 4.74 Å². The normalized spacial score (nSPS) is 35.0. The molecular weight excluding hydrogens is 248 g/mol. The maximum absolute atomic E-state index is 10.4. The minimum atomic E-state index is -0.183. The zero-order chi connectivity index (χ0) is 14.5. The topological polar surface area (TPSA) is 29.5 Å². The second-order valence-electron chi connectivity index (χ2n) is 7.38. The molecule has 110 valence electrons. The first-order chi connectivity index (χ1) is 9.41. The average Bonchev–Trinajstić information content (AvgIpc) is 2.43. The zero-order valence-corrected chi connectivity index (χ0v) is 13.1. The lowest BCUT2D eigenvalue weighted by Gasteiger charge is -2.56. The summed E-state index contributed by atoms with van der Waals surface area (Å²) in [7, 11) is 1.77. The number of aliphatic hydroxyl groups excluding tert-OH is 1. The van der Waals surface area contributed by atoms with Crippen molar-refractivity contribution in [1.82, 2.24) is 0 Å². The van der Waals surface area contributed by atoms with Gasteiger partial charge in [0.2, 0.25) is 0 Å². The van der Waals surface area contributed by atoms with Gasteiger partial charge in [0.1, 0.15) is 5.75 Å². The Morgan fingerprint density at radius 3 is 2.65 bits per heavy atom. The summed E-state index contributed by atoms with van der Waals surface area (Å²) in [6.07, 6.45) is 4.02. The molecule has 0 aliphatic heterocycles. The molecular formula is C18H26O2. The molecule has 2 aliphatic carbocycles. The van der Waals surface area contributed by atoms with Crippen molar-refractivity contribution in [2.24, 2.45) is 11.3 Å². The van der Waals surface area contributed by atoms with E-state index in [1.165, 1.54) is 17.5 Å². The molecule has 1 fully saturated rings. The summed E-state index contributed by atoms with van der Waals surface area (Å²) in [6.45, 7) is 6.85. The molecule has 3 atom stereocenters. The van der Waals surface area contributed by atoms with Crippen LogP contribution in [0.25, 0.3) is 0 Å². The van der Waals surface area contributed by atoms with Crippen molar-refractivity contribution in [3.8, 4) is 5.75 Å². The van der Waals surface area contributed by atoms with E-state index in [0.717, 1.165) is 25.0 Å². The summed E-state index contributed by atoms with van der Waals surface area (Å²) < 4.78 is 5.66. The summed E-state index contributed by atoms with van der Waals surface area (Å²) in [5, 5.41) is 10.4. The van der Waals surface area contributed by atoms with Gasteiger partial charge in [-0.05, 0) is 54.1 Å². The van der Waals surface area contributed by atoms with Gasteiger partial charge >= 0.3 is 0 Å². The number of benzene rings is 1. The van der Waals surface area contributed by atoms with Gasteiger partial charge in [0, 0.05) is 5.56 Å². The molecule has 0 saturated heterocycles. The van der Waals surface area contributed by atoms with Crippen molar-refractivity contribution in [3.63, 3.8) is 0 Å². The first-order valence-electron chi connectivity index (χ1n) is 7.75. The van der Waals surface area contributed by atoms with E-state index >= 15 is 0 Å². The number of ether oxygens (including phenoxy) is 1.